The fourth-order valence-corrected chi connectivity index (χ4v) is 5.54. The Labute approximate surface area is 372 Å². The number of ether oxygens (including phenoxy) is 2. The van der Waals surface area contributed by atoms with Crippen LogP contribution >= 0.6 is 7.82 Å². The number of allylic oxidation sites excluding steroid dienone is 24. The number of aliphatic carboxylic acids is 1. The number of carbonyl (C=O) groups excluding carboxylic acids is 2. The second-order valence-corrected chi connectivity index (χ2v) is 15.2. The Balaban J connectivity index is 4.64. The van der Waals surface area contributed by atoms with Crippen molar-refractivity contribution >= 4 is 25.7 Å². The average Bonchev–Trinajstić information content (AvgIpc) is 3.25. The maximum atomic E-state index is 12.6. The number of esters is 2. The van der Waals surface area contributed by atoms with Gasteiger partial charge in [-0.3, -0.25) is 23.4 Å². The van der Waals surface area contributed by atoms with Crippen LogP contribution in [0.2, 0.25) is 0 Å². The largest absolute Gasteiger partial charge is 0.480 e. The number of rotatable bonds is 38. The molecule has 0 bridgehead atoms. The third-order valence-corrected chi connectivity index (χ3v) is 9.06. The Morgan fingerprint density at radius 3 is 1.13 bits per heavy atom. The Hall–Kier alpha value is -4.64. The van der Waals surface area contributed by atoms with Crippen LogP contribution in [-0.2, 0) is 37.5 Å². The van der Waals surface area contributed by atoms with Crippen molar-refractivity contribution in [3.63, 3.8) is 0 Å². The number of phosphoric acid groups is 1. The maximum Gasteiger partial charge on any atom is 0.472 e. The van der Waals surface area contributed by atoms with Gasteiger partial charge in [0.05, 0.1) is 13.2 Å². The zero-order chi connectivity index (χ0) is 45.6. The normalized spacial score (nSPS) is 15.0. The van der Waals surface area contributed by atoms with Crippen molar-refractivity contribution in [2.45, 2.75) is 129 Å². The molecule has 0 aromatic carbocycles. The Kier molecular flexibility index (Phi) is 39.8. The van der Waals surface area contributed by atoms with Gasteiger partial charge in [0.15, 0.2) is 6.10 Å². The molecule has 3 atom stereocenters. The van der Waals surface area contributed by atoms with Gasteiger partial charge in [-0.1, -0.05) is 160 Å². The highest BCUT2D eigenvalue weighted by Gasteiger charge is 2.28. The van der Waals surface area contributed by atoms with Crippen molar-refractivity contribution < 1.29 is 47.5 Å². The molecular weight excluding hydrogens is 806 g/mol. The van der Waals surface area contributed by atoms with E-state index in [0.29, 0.717) is 19.3 Å². The fourth-order valence-electron chi connectivity index (χ4n) is 4.76. The number of carboxylic acids is 1. The molecular formula is C50H74NO10P. The maximum absolute atomic E-state index is 12.6. The van der Waals surface area contributed by atoms with Gasteiger partial charge in [-0.15, -0.1) is 0 Å². The first-order valence-electron chi connectivity index (χ1n) is 21.9. The molecule has 0 aliphatic carbocycles. The van der Waals surface area contributed by atoms with Gasteiger partial charge in [-0.2, -0.15) is 0 Å². The minimum Gasteiger partial charge on any atom is -0.480 e. The first-order valence-corrected chi connectivity index (χ1v) is 23.4. The van der Waals surface area contributed by atoms with Gasteiger partial charge in [0.2, 0.25) is 0 Å². The highest BCUT2D eigenvalue weighted by Crippen LogP contribution is 2.43. The minimum absolute atomic E-state index is 0.00997. The van der Waals surface area contributed by atoms with Gasteiger partial charge in [-0.25, -0.2) is 4.57 Å². The summed E-state index contributed by atoms with van der Waals surface area (Å²) in [7, 11) is -4.77. The predicted octanol–water partition coefficient (Wildman–Crippen LogP) is 11.9. The first kappa shape index (κ1) is 57.4. The minimum atomic E-state index is -4.77. The van der Waals surface area contributed by atoms with Crippen LogP contribution in [0.15, 0.2) is 146 Å². The zero-order valence-corrected chi connectivity index (χ0v) is 38.0. The van der Waals surface area contributed by atoms with Crippen LogP contribution in [-0.4, -0.2) is 59.9 Å². The summed E-state index contributed by atoms with van der Waals surface area (Å²) in [4.78, 5) is 45.9. The fraction of sp³-hybridized carbons (Fsp3) is 0.460. The highest BCUT2D eigenvalue weighted by molar-refractivity contribution is 7.47. The van der Waals surface area contributed by atoms with Crippen molar-refractivity contribution in [2.75, 3.05) is 19.8 Å². The third kappa shape index (κ3) is 42.1. The predicted molar refractivity (Wildman–Crippen MR) is 253 cm³/mol. The Bertz CT molecular complexity index is 1600. The number of carbonyl (C=O) groups is 3. The van der Waals surface area contributed by atoms with Gasteiger partial charge in [-0.05, 0) is 89.9 Å². The molecule has 11 nitrogen and oxygen atoms in total. The Morgan fingerprint density at radius 2 is 0.790 bits per heavy atom. The molecule has 4 N–H and O–H groups in total. The van der Waals surface area contributed by atoms with Crippen molar-refractivity contribution in [3.05, 3.63) is 146 Å². The lowest BCUT2D eigenvalue weighted by atomic mass is 10.2. The Morgan fingerprint density at radius 1 is 0.484 bits per heavy atom. The summed E-state index contributed by atoms with van der Waals surface area (Å²) in [5.74, 6) is -2.62. The molecule has 0 spiro atoms. The molecule has 0 aromatic heterocycles. The van der Waals surface area contributed by atoms with Crippen LogP contribution in [0.4, 0.5) is 0 Å². The summed E-state index contributed by atoms with van der Waals surface area (Å²) in [6, 6.07) is -1.55. The summed E-state index contributed by atoms with van der Waals surface area (Å²) in [6.45, 7) is 2.39. The first-order chi connectivity index (χ1) is 30.1. The van der Waals surface area contributed by atoms with E-state index in [2.05, 4.69) is 128 Å². The van der Waals surface area contributed by atoms with Crippen LogP contribution in [0.3, 0.4) is 0 Å². The summed E-state index contributed by atoms with van der Waals surface area (Å²) < 4.78 is 32.5. The topological polar surface area (TPSA) is 172 Å². The lowest BCUT2D eigenvalue weighted by Gasteiger charge is -2.20. The number of phosphoric ester groups is 1. The summed E-state index contributed by atoms with van der Waals surface area (Å²) in [6.07, 6.45) is 60.9. The molecule has 1 unspecified atom stereocenters. The molecule has 0 saturated carbocycles. The molecule has 0 aliphatic heterocycles. The van der Waals surface area contributed by atoms with Crippen LogP contribution < -0.4 is 5.73 Å². The van der Waals surface area contributed by atoms with Crippen LogP contribution in [0.25, 0.3) is 0 Å². The second-order valence-electron chi connectivity index (χ2n) is 13.7. The van der Waals surface area contributed by atoms with Gasteiger partial charge in [0.1, 0.15) is 12.6 Å². The van der Waals surface area contributed by atoms with E-state index < -0.39 is 57.7 Å². The molecule has 0 aliphatic rings. The summed E-state index contributed by atoms with van der Waals surface area (Å²) in [5, 5.41) is 8.89. The summed E-state index contributed by atoms with van der Waals surface area (Å²) in [5.41, 5.74) is 5.32. The molecule has 0 fully saturated rings. The molecule has 0 aromatic rings. The highest BCUT2D eigenvalue weighted by atomic mass is 31.2. The van der Waals surface area contributed by atoms with Crippen molar-refractivity contribution in [3.8, 4) is 0 Å². The van der Waals surface area contributed by atoms with Crippen molar-refractivity contribution in [1.82, 2.24) is 0 Å². The monoisotopic (exact) mass is 880 g/mol. The molecule has 0 saturated heterocycles. The third-order valence-electron chi connectivity index (χ3n) is 8.11. The van der Waals surface area contributed by atoms with E-state index in [1.54, 1.807) is 0 Å². The number of hydrogen-bond donors (Lipinski definition) is 3. The van der Waals surface area contributed by atoms with E-state index in [9.17, 15) is 23.8 Å². The molecule has 0 heterocycles. The molecule has 344 valence electrons. The van der Waals surface area contributed by atoms with Gasteiger partial charge >= 0.3 is 25.7 Å². The number of nitrogens with two attached hydrogens (primary N) is 1. The van der Waals surface area contributed by atoms with Crippen LogP contribution in [0.5, 0.6) is 0 Å². The van der Waals surface area contributed by atoms with Gasteiger partial charge < -0.3 is 25.2 Å². The standard InChI is InChI=1S/C50H74NO10P/c1-3-5-7-9-11-13-15-17-19-21-23-25-27-29-31-33-35-37-39-41-48(52)58-43-46(44-59-62(56,57)60-45-47(51)50(54)55)61-49(53)42-40-38-36-34-32-30-28-26-24-22-20-18-16-14-12-10-8-6-4-2/h5-8,11-14,17-20,23-26,29-32,35-38,46-47H,3-4,9-10,15-16,21-22,27-28,33-34,39-45,51H2,1-2H3,(H,54,55)(H,56,57)/b7-5-,8-6-,13-11-,14-12-,19-17-,20-18-,25-23-,26-24-,31-29-,32-30-,37-35-,38-36-/t46-,47+/m1/s1. The lowest BCUT2D eigenvalue weighted by Crippen LogP contribution is -2.34. The molecule has 0 radical (unpaired) electrons. The quantitative estimate of drug-likeness (QED) is 0.0306. The average molecular weight is 880 g/mol. The second kappa shape index (κ2) is 43.0. The molecule has 0 rings (SSSR count). The molecule has 0 amide bonds. The van der Waals surface area contributed by atoms with E-state index in [1.807, 2.05) is 36.5 Å². The van der Waals surface area contributed by atoms with Crippen LogP contribution in [0, 0.1) is 0 Å². The van der Waals surface area contributed by atoms with Gasteiger partial charge in [0.25, 0.3) is 0 Å². The van der Waals surface area contributed by atoms with Crippen molar-refractivity contribution in [2.24, 2.45) is 5.73 Å². The SMILES string of the molecule is CC/C=C\C/C=C\C/C=C\C/C=C\C/C=C\C/C=C\CCC(=O)OC[C@H](COP(=O)(O)OC[C@H](N)C(=O)O)OC(=O)CC/C=C\C/C=C\C/C=C\C/C=C\C/C=C\C/C=C\CC. The lowest BCUT2D eigenvalue weighted by molar-refractivity contribution is -0.161. The van der Waals surface area contributed by atoms with Crippen LogP contribution in [0.1, 0.15) is 117 Å². The number of hydrogen-bond acceptors (Lipinski definition) is 9. The van der Waals surface area contributed by atoms with E-state index >= 15 is 0 Å². The van der Waals surface area contributed by atoms with E-state index in [1.165, 1.54) is 0 Å². The van der Waals surface area contributed by atoms with E-state index in [-0.39, 0.29) is 12.8 Å². The van der Waals surface area contributed by atoms with Crippen molar-refractivity contribution in [1.29, 1.82) is 0 Å². The zero-order valence-electron chi connectivity index (χ0n) is 37.1. The van der Waals surface area contributed by atoms with E-state index in [4.69, 9.17) is 24.8 Å². The smallest absolute Gasteiger partial charge is 0.472 e. The van der Waals surface area contributed by atoms with Gasteiger partial charge in [0, 0.05) is 12.8 Å². The number of carboxylic acid groups (broad SMARTS) is 1. The summed E-state index contributed by atoms with van der Waals surface area (Å²) >= 11 is 0. The molecule has 12 heteroatoms. The van der Waals surface area contributed by atoms with E-state index in [0.717, 1.165) is 70.6 Å². The molecule has 62 heavy (non-hydrogen) atoms.